The summed E-state index contributed by atoms with van der Waals surface area (Å²) in [6.45, 7) is 2.46. The van der Waals surface area contributed by atoms with Gasteiger partial charge in [-0.05, 0) is 12.5 Å². The normalized spacial score (nSPS) is 10.6. The predicted molar refractivity (Wildman–Crippen MR) is 72.2 cm³/mol. The van der Waals surface area contributed by atoms with Crippen molar-refractivity contribution in [3.63, 3.8) is 0 Å². The van der Waals surface area contributed by atoms with Crippen LogP contribution in [0.15, 0.2) is 29.1 Å². The number of rotatable bonds is 5. The number of hydrogen-bond acceptors (Lipinski definition) is 4. The van der Waals surface area contributed by atoms with E-state index in [9.17, 15) is 9.59 Å². The SMILES string of the molecule is CCCCCOC(=O)c1n[nH]c(=O)c2ccccc12. The number of aromatic nitrogens is 2. The van der Waals surface area contributed by atoms with Gasteiger partial charge in [-0.3, -0.25) is 4.79 Å². The zero-order chi connectivity index (χ0) is 13.7. The lowest BCUT2D eigenvalue weighted by Gasteiger charge is -2.05. The van der Waals surface area contributed by atoms with Crippen molar-refractivity contribution in [3.8, 4) is 0 Å². The molecule has 0 aliphatic carbocycles. The summed E-state index contributed by atoms with van der Waals surface area (Å²) in [5.41, 5.74) is -0.148. The number of fused-ring (bicyclic) bond motifs is 1. The maximum atomic E-state index is 11.9. The molecule has 5 heteroatoms. The zero-order valence-electron chi connectivity index (χ0n) is 10.8. The fourth-order valence-electron chi connectivity index (χ4n) is 1.86. The lowest BCUT2D eigenvalue weighted by atomic mass is 10.1. The largest absolute Gasteiger partial charge is 0.461 e. The molecule has 2 rings (SSSR count). The van der Waals surface area contributed by atoms with Gasteiger partial charge in [-0.1, -0.05) is 38.0 Å². The molecule has 0 spiro atoms. The number of esters is 1. The maximum Gasteiger partial charge on any atom is 0.359 e. The molecular weight excluding hydrogens is 244 g/mol. The quantitative estimate of drug-likeness (QED) is 0.661. The summed E-state index contributed by atoms with van der Waals surface area (Å²) in [6.07, 6.45) is 2.92. The molecule has 0 atom stereocenters. The topological polar surface area (TPSA) is 72.0 Å². The molecule has 0 radical (unpaired) electrons. The van der Waals surface area contributed by atoms with Gasteiger partial charge in [0, 0.05) is 5.39 Å². The van der Waals surface area contributed by atoms with Crippen molar-refractivity contribution in [2.45, 2.75) is 26.2 Å². The first-order valence-corrected chi connectivity index (χ1v) is 6.38. The van der Waals surface area contributed by atoms with E-state index in [1.54, 1.807) is 24.3 Å². The summed E-state index contributed by atoms with van der Waals surface area (Å²) in [7, 11) is 0. The molecule has 0 aliphatic rings. The van der Waals surface area contributed by atoms with Crippen LogP contribution in [0.3, 0.4) is 0 Å². The number of nitrogens with one attached hydrogen (secondary N) is 1. The minimum absolute atomic E-state index is 0.159. The first-order chi connectivity index (χ1) is 9.24. The van der Waals surface area contributed by atoms with E-state index in [2.05, 4.69) is 17.1 Å². The molecule has 5 nitrogen and oxygen atoms in total. The molecule has 0 saturated carbocycles. The van der Waals surface area contributed by atoms with Crippen LogP contribution in [-0.2, 0) is 4.74 Å². The van der Waals surface area contributed by atoms with Gasteiger partial charge in [0.15, 0.2) is 5.69 Å². The fourth-order valence-corrected chi connectivity index (χ4v) is 1.86. The standard InChI is InChI=1S/C14H16N2O3/c1-2-3-6-9-19-14(18)12-10-7-4-5-8-11(10)13(17)16-15-12/h4-5,7-8H,2-3,6,9H2,1H3,(H,16,17). The van der Waals surface area contributed by atoms with Crippen molar-refractivity contribution in [3.05, 3.63) is 40.3 Å². The second kappa shape index (κ2) is 6.13. The summed E-state index contributed by atoms with van der Waals surface area (Å²) in [5.74, 6) is -0.497. The number of aromatic amines is 1. The number of H-pyrrole nitrogens is 1. The van der Waals surface area contributed by atoms with Crippen molar-refractivity contribution in [1.29, 1.82) is 0 Å². The van der Waals surface area contributed by atoms with Crippen molar-refractivity contribution < 1.29 is 9.53 Å². The number of ether oxygens (including phenoxy) is 1. The predicted octanol–water partition coefficient (Wildman–Crippen LogP) is 2.27. The Balaban J connectivity index is 2.23. The molecule has 1 N–H and O–H groups in total. The highest BCUT2D eigenvalue weighted by atomic mass is 16.5. The Morgan fingerprint density at radius 1 is 1.26 bits per heavy atom. The van der Waals surface area contributed by atoms with E-state index in [-0.39, 0.29) is 11.3 Å². The summed E-state index contributed by atoms with van der Waals surface area (Å²) in [4.78, 5) is 23.5. The molecule has 1 heterocycles. The van der Waals surface area contributed by atoms with Gasteiger partial charge < -0.3 is 4.74 Å². The Kier molecular flexibility index (Phi) is 4.28. The molecule has 0 fully saturated rings. The minimum atomic E-state index is -0.497. The molecule has 0 amide bonds. The monoisotopic (exact) mass is 260 g/mol. The second-order valence-electron chi connectivity index (χ2n) is 4.29. The van der Waals surface area contributed by atoms with Crippen LogP contribution in [0.5, 0.6) is 0 Å². The molecular formula is C14H16N2O3. The first-order valence-electron chi connectivity index (χ1n) is 6.38. The van der Waals surface area contributed by atoms with Crippen LogP contribution in [0.4, 0.5) is 0 Å². The third kappa shape index (κ3) is 2.99. The van der Waals surface area contributed by atoms with E-state index in [1.807, 2.05) is 0 Å². The van der Waals surface area contributed by atoms with E-state index in [0.717, 1.165) is 19.3 Å². The molecule has 100 valence electrons. The van der Waals surface area contributed by atoms with E-state index < -0.39 is 5.97 Å². The van der Waals surface area contributed by atoms with Crippen molar-refractivity contribution >= 4 is 16.7 Å². The Hall–Kier alpha value is -2.17. The Morgan fingerprint density at radius 2 is 2.00 bits per heavy atom. The second-order valence-corrected chi connectivity index (χ2v) is 4.29. The zero-order valence-corrected chi connectivity index (χ0v) is 10.8. The van der Waals surface area contributed by atoms with Crippen molar-refractivity contribution in [1.82, 2.24) is 10.2 Å². The number of nitrogens with zero attached hydrogens (tertiary/aromatic N) is 1. The summed E-state index contributed by atoms with van der Waals surface area (Å²) < 4.78 is 5.15. The highest BCUT2D eigenvalue weighted by molar-refractivity contribution is 6.01. The lowest BCUT2D eigenvalue weighted by molar-refractivity contribution is 0.0492. The fraction of sp³-hybridized carbons (Fsp3) is 0.357. The molecule has 2 aromatic rings. The smallest absolute Gasteiger partial charge is 0.359 e. The van der Waals surface area contributed by atoms with E-state index in [4.69, 9.17) is 4.74 Å². The van der Waals surface area contributed by atoms with Gasteiger partial charge in [0.1, 0.15) is 0 Å². The Morgan fingerprint density at radius 3 is 2.74 bits per heavy atom. The minimum Gasteiger partial charge on any atom is -0.461 e. The number of unbranched alkanes of at least 4 members (excludes halogenated alkanes) is 2. The molecule has 0 aliphatic heterocycles. The van der Waals surface area contributed by atoms with Gasteiger partial charge in [0.05, 0.1) is 12.0 Å². The maximum absolute atomic E-state index is 11.9. The van der Waals surface area contributed by atoms with Crippen LogP contribution in [-0.4, -0.2) is 22.8 Å². The van der Waals surface area contributed by atoms with Crippen LogP contribution < -0.4 is 5.56 Å². The molecule has 0 unspecified atom stereocenters. The van der Waals surface area contributed by atoms with Crippen molar-refractivity contribution in [2.75, 3.05) is 6.61 Å². The number of carbonyl (C=O) groups is 1. The highest BCUT2D eigenvalue weighted by Gasteiger charge is 2.14. The van der Waals surface area contributed by atoms with Crippen LogP contribution in [0.1, 0.15) is 36.7 Å². The molecule has 0 bridgehead atoms. The molecule has 1 aromatic carbocycles. The average molecular weight is 260 g/mol. The number of carbonyl (C=O) groups excluding carboxylic acids is 1. The summed E-state index contributed by atoms with van der Waals surface area (Å²) in [5, 5.41) is 7.07. The molecule has 0 saturated heterocycles. The van der Waals surface area contributed by atoms with Crippen LogP contribution in [0.2, 0.25) is 0 Å². The van der Waals surface area contributed by atoms with E-state index in [0.29, 0.717) is 17.4 Å². The first kappa shape index (κ1) is 13.3. The van der Waals surface area contributed by atoms with Gasteiger partial charge in [0.25, 0.3) is 5.56 Å². The summed E-state index contributed by atoms with van der Waals surface area (Å²) in [6, 6.07) is 6.86. The van der Waals surface area contributed by atoms with Crippen LogP contribution >= 0.6 is 0 Å². The number of benzene rings is 1. The molecule has 1 aromatic heterocycles. The Labute approximate surface area is 110 Å². The lowest BCUT2D eigenvalue weighted by Crippen LogP contribution is -2.16. The van der Waals surface area contributed by atoms with Crippen LogP contribution in [0.25, 0.3) is 10.8 Å². The molecule has 19 heavy (non-hydrogen) atoms. The van der Waals surface area contributed by atoms with Crippen LogP contribution in [0, 0.1) is 0 Å². The van der Waals surface area contributed by atoms with E-state index in [1.165, 1.54) is 0 Å². The third-order valence-electron chi connectivity index (χ3n) is 2.87. The number of hydrogen-bond donors (Lipinski definition) is 1. The van der Waals surface area contributed by atoms with Gasteiger partial charge in [-0.15, -0.1) is 0 Å². The van der Waals surface area contributed by atoms with Gasteiger partial charge in [-0.25, -0.2) is 9.89 Å². The third-order valence-corrected chi connectivity index (χ3v) is 2.87. The highest BCUT2D eigenvalue weighted by Crippen LogP contribution is 2.13. The Bertz CT molecular complexity index is 634. The van der Waals surface area contributed by atoms with E-state index >= 15 is 0 Å². The van der Waals surface area contributed by atoms with Crippen molar-refractivity contribution in [2.24, 2.45) is 0 Å². The average Bonchev–Trinajstić information content (AvgIpc) is 2.44. The van der Waals surface area contributed by atoms with Gasteiger partial charge in [0.2, 0.25) is 0 Å². The van der Waals surface area contributed by atoms with Gasteiger partial charge in [-0.2, -0.15) is 5.10 Å². The van der Waals surface area contributed by atoms with Gasteiger partial charge >= 0.3 is 5.97 Å². The summed E-state index contributed by atoms with van der Waals surface area (Å²) >= 11 is 0.